The molecule has 110 valence electrons. The van der Waals surface area contributed by atoms with Crippen LogP contribution in [0.4, 0.5) is 4.79 Å². The molecular formula is C11H15N3O5S. The van der Waals surface area contributed by atoms with E-state index in [9.17, 15) is 9.59 Å². The van der Waals surface area contributed by atoms with Gasteiger partial charge in [0.2, 0.25) is 0 Å². The fraction of sp³-hybridized carbons (Fsp3) is 0.545. The number of amides is 2. The van der Waals surface area contributed by atoms with E-state index < -0.39 is 5.97 Å². The number of carboxylic acid groups (broad SMARTS) is 1. The molecule has 1 fully saturated rings. The number of hydrogen-bond donors (Lipinski definition) is 3. The van der Waals surface area contributed by atoms with Gasteiger partial charge < -0.3 is 25.2 Å². The predicted octanol–water partition coefficient (Wildman–Crippen LogP) is 0.0559. The van der Waals surface area contributed by atoms with Gasteiger partial charge in [-0.05, 0) is 0 Å². The van der Waals surface area contributed by atoms with E-state index in [1.54, 1.807) is 0 Å². The van der Waals surface area contributed by atoms with E-state index in [4.69, 9.17) is 14.6 Å². The van der Waals surface area contributed by atoms with Gasteiger partial charge in [0.15, 0.2) is 5.69 Å². The standard InChI is InChI=1S/C11H15N3O5S/c15-10(16)8-6-20-9(14-8)4-13-11(17)12-3-7-5-18-1-2-19-7/h6-7H,1-5H2,(H,15,16)(H2,12,13,17). The van der Waals surface area contributed by atoms with Gasteiger partial charge in [0.05, 0.1) is 32.5 Å². The van der Waals surface area contributed by atoms with Crippen LogP contribution in [-0.4, -0.2) is 54.6 Å². The zero-order chi connectivity index (χ0) is 14.4. The van der Waals surface area contributed by atoms with E-state index in [2.05, 4.69) is 15.6 Å². The Hall–Kier alpha value is -1.71. The monoisotopic (exact) mass is 301 g/mol. The van der Waals surface area contributed by atoms with Crippen LogP contribution in [0.2, 0.25) is 0 Å². The van der Waals surface area contributed by atoms with Gasteiger partial charge in [-0.25, -0.2) is 14.6 Å². The molecule has 0 radical (unpaired) electrons. The van der Waals surface area contributed by atoms with Crippen LogP contribution in [0.1, 0.15) is 15.5 Å². The summed E-state index contributed by atoms with van der Waals surface area (Å²) in [4.78, 5) is 26.1. The van der Waals surface area contributed by atoms with Gasteiger partial charge >= 0.3 is 12.0 Å². The SMILES string of the molecule is O=C(NCc1nc(C(=O)O)cs1)NCC1COCCO1. The summed E-state index contributed by atoms with van der Waals surface area (Å²) in [7, 11) is 0. The quantitative estimate of drug-likeness (QED) is 0.709. The summed E-state index contributed by atoms with van der Waals surface area (Å²) in [5.74, 6) is -1.08. The molecule has 8 nitrogen and oxygen atoms in total. The van der Waals surface area contributed by atoms with Crippen molar-refractivity contribution < 1.29 is 24.2 Å². The second-order valence-corrected chi connectivity index (χ2v) is 5.01. The number of thiazole rings is 1. The number of aromatic carboxylic acids is 1. The van der Waals surface area contributed by atoms with Crippen LogP contribution in [0.3, 0.4) is 0 Å². The molecule has 20 heavy (non-hydrogen) atoms. The number of hydrogen-bond acceptors (Lipinski definition) is 6. The highest BCUT2D eigenvalue weighted by molar-refractivity contribution is 7.09. The zero-order valence-electron chi connectivity index (χ0n) is 10.6. The van der Waals surface area contributed by atoms with Crippen molar-refractivity contribution in [2.24, 2.45) is 0 Å². The molecule has 0 bridgehead atoms. The third-order valence-electron chi connectivity index (χ3n) is 2.55. The Labute approximate surface area is 119 Å². The van der Waals surface area contributed by atoms with Crippen LogP contribution in [-0.2, 0) is 16.0 Å². The average Bonchev–Trinajstić information content (AvgIpc) is 2.93. The first-order chi connectivity index (χ1) is 9.65. The lowest BCUT2D eigenvalue weighted by atomic mass is 10.3. The molecule has 2 heterocycles. The van der Waals surface area contributed by atoms with Crippen molar-refractivity contribution >= 4 is 23.3 Å². The Bertz CT molecular complexity index is 472. The number of carboxylic acids is 1. The Kier molecular flexibility index (Phi) is 5.27. The molecule has 1 saturated heterocycles. The highest BCUT2D eigenvalue weighted by Gasteiger charge is 2.15. The first kappa shape index (κ1) is 14.7. The van der Waals surface area contributed by atoms with E-state index in [1.807, 2.05) is 0 Å². The van der Waals surface area contributed by atoms with Crippen LogP contribution in [0.25, 0.3) is 0 Å². The van der Waals surface area contributed by atoms with Crippen LogP contribution in [0.15, 0.2) is 5.38 Å². The van der Waals surface area contributed by atoms with Crippen LogP contribution < -0.4 is 10.6 Å². The van der Waals surface area contributed by atoms with Crippen molar-refractivity contribution in [3.8, 4) is 0 Å². The minimum atomic E-state index is -1.08. The largest absolute Gasteiger partial charge is 0.476 e. The smallest absolute Gasteiger partial charge is 0.355 e. The summed E-state index contributed by atoms with van der Waals surface area (Å²) in [6.45, 7) is 2.13. The Morgan fingerprint density at radius 2 is 2.30 bits per heavy atom. The van der Waals surface area contributed by atoms with Gasteiger partial charge in [-0.1, -0.05) is 0 Å². The summed E-state index contributed by atoms with van der Waals surface area (Å²) in [6, 6.07) is -0.355. The maximum absolute atomic E-state index is 11.5. The number of nitrogens with zero attached hydrogens (tertiary/aromatic N) is 1. The van der Waals surface area contributed by atoms with Gasteiger partial charge in [0.25, 0.3) is 0 Å². The molecule has 0 saturated carbocycles. The fourth-order valence-electron chi connectivity index (χ4n) is 1.57. The maximum atomic E-state index is 11.5. The summed E-state index contributed by atoms with van der Waals surface area (Å²) < 4.78 is 10.6. The summed E-state index contributed by atoms with van der Waals surface area (Å²) in [6.07, 6.45) is -0.132. The van der Waals surface area contributed by atoms with Crippen LogP contribution >= 0.6 is 11.3 Å². The molecule has 1 aromatic heterocycles. The molecule has 2 rings (SSSR count). The minimum absolute atomic E-state index is 0.0139. The van der Waals surface area contributed by atoms with E-state index >= 15 is 0 Å². The van der Waals surface area contributed by atoms with Gasteiger partial charge in [0.1, 0.15) is 5.01 Å². The normalized spacial score (nSPS) is 18.5. The van der Waals surface area contributed by atoms with Crippen molar-refractivity contribution in [3.05, 3.63) is 16.1 Å². The molecule has 0 aliphatic carbocycles. The second-order valence-electron chi connectivity index (χ2n) is 4.06. The average molecular weight is 301 g/mol. The summed E-state index contributed by atoms with van der Waals surface area (Å²) in [5.41, 5.74) is -0.0139. The molecule has 1 aromatic rings. The summed E-state index contributed by atoms with van der Waals surface area (Å²) in [5, 5.41) is 16.0. The fourth-order valence-corrected chi connectivity index (χ4v) is 2.28. The first-order valence-electron chi connectivity index (χ1n) is 6.04. The molecule has 1 aliphatic rings. The molecule has 1 unspecified atom stereocenters. The number of urea groups is 1. The third-order valence-corrected chi connectivity index (χ3v) is 3.40. The van der Waals surface area contributed by atoms with Crippen molar-refractivity contribution in [1.29, 1.82) is 0 Å². The molecule has 1 aliphatic heterocycles. The molecule has 0 aromatic carbocycles. The van der Waals surface area contributed by atoms with Crippen molar-refractivity contribution in [2.75, 3.05) is 26.4 Å². The zero-order valence-corrected chi connectivity index (χ0v) is 11.4. The molecule has 1 atom stereocenters. The number of rotatable bonds is 5. The second kappa shape index (κ2) is 7.17. The first-order valence-corrected chi connectivity index (χ1v) is 6.92. The van der Waals surface area contributed by atoms with E-state index in [0.29, 0.717) is 31.4 Å². The van der Waals surface area contributed by atoms with Gasteiger partial charge in [0, 0.05) is 11.9 Å². The van der Waals surface area contributed by atoms with E-state index in [0.717, 1.165) is 0 Å². The Morgan fingerprint density at radius 3 is 2.95 bits per heavy atom. The molecular weight excluding hydrogens is 286 g/mol. The van der Waals surface area contributed by atoms with Crippen molar-refractivity contribution in [3.63, 3.8) is 0 Å². The Morgan fingerprint density at radius 1 is 1.45 bits per heavy atom. The van der Waals surface area contributed by atoms with E-state index in [1.165, 1.54) is 16.7 Å². The number of carbonyl (C=O) groups excluding carboxylic acids is 1. The van der Waals surface area contributed by atoms with E-state index in [-0.39, 0.29) is 24.4 Å². The Balaban J connectivity index is 1.67. The van der Waals surface area contributed by atoms with Gasteiger partial charge in [-0.15, -0.1) is 11.3 Å². The van der Waals surface area contributed by atoms with Crippen LogP contribution in [0.5, 0.6) is 0 Å². The topological polar surface area (TPSA) is 110 Å². The van der Waals surface area contributed by atoms with Crippen molar-refractivity contribution in [1.82, 2.24) is 15.6 Å². The lowest BCUT2D eigenvalue weighted by molar-refractivity contribution is -0.0853. The predicted molar refractivity (Wildman–Crippen MR) is 69.9 cm³/mol. The number of nitrogens with one attached hydrogen (secondary N) is 2. The minimum Gasteiger partial charge on any atom is -0.476 e. The lowest BCUT2D eigenvalue weighted by Crippen LogP contribution is -2.43. The molecule has 9 heteroatoms. The third kappa shape index (κ3) is 4.44. The number of aromatic nitrogens is 1. The lowest BCUT2D eigenvalue weighted by Gasteiger charge is -2.23. The molecule has 2 amide bonds. The highest BCUT2D eigenvalue weighted by atomic mass is 32.1. The van der Waals surface area contributed by atoms with Gasteiger partial charge in [-0.3, -0.25) is 0 Å². The molecule has 0 spiro atoms. The number of carbonyl (C=O) groups is 2. The van der Waals surface area contributed by atoms with Crippen LogP contribution in [0, 0.1) is 0 Å². The maximum Gasteiger partial charge on any atom is 0.355 e. The van der Waals surface area contributed by atoms with Crippen molar-refractivity contribution in [2.45, 2.75) is 12.6 Å². The number of ether oxygens (including phenoxy) is 2. The van der Waals surface area contributed by atoms with Gasteiger partial charge in [-0.2, -0.15) is 0 Å². The summed E-state index contributed by atoms with van der Waals surface area (Å²) >= 11 is 1.19. The highest BCUT2D eigenvalue weighted by Crippen LogP contribution is 2.09. The molecule has 3 N–H and O–H groups in total.